The Hall–Kier alpha value is -1.79. The zero-order valence-corrected chi connectivity index (χ0v) is 17.3. The zero-order valence-electron chi connectivity index (χ0n) is 15.7. The van der Waals surface area contributed by atoms with Gasteiger partial charge in [0.25, 0.3) is 5.91 Å². The van der Waals surface area contributed by atoms with Crippen LogP contribution in [0.5, 0.6) is 0 Å². The Bertz CT molecular complexity index is 776. The van der Waals surface area contributed by atoms with Crippen molar-refractivity contribution in [3.05, 3.63) is 46.6 Å². The molecule has 0 atom stereocenters. The molecule has 1 fully saturated rings. The van der Waals surface area contributed by atoms with Gasteiger partial charge < -0.3 is 10.2 Å². The van der Waals surface area contributed by atoms with Crippen LogP contribution in [-0.2, 0) is 5.75 Å². The molecule has 7 heteroatoms. The minimum Gasteiger partial charge on any atom is -0.356 e. The van der Waals surface area contributed by atoms with Gasteiger partial charge >= 0.3 is 0 Å². The lowest BCUT2D eigenvalue weighted by Crippen LogP contribution is -2.27. The van der Waals surface area contributed by atoms with Crippen molar-refractivity contribution >= 4 is 35.1 Å². The van der Waals surface area contributed by atoms with Gasteiger partial charge in [0.1, 0.15) is 11.0 Å². The quantitative estimate of drug-likeness (QED) is 0.421. The highest BCUT2D eigenvalue weighted by Crippen LogP contribution is 2.26. The van der Waals surface area contributed by atoms with Gasteiger partial charge in [0.05, 0.1) is 0 Å². The number of nitrogens with one attached hydrogen (secondary N) is 1. The normalized spacial score (nSPS) is 14.0. The second-order valence-electron chi connectivity index (χ2n) is 7.12. The minimum atomic E-state index is -0.0312. The average Bonchev–Trinajstić information content (AvgIpc) is 3.19. The summed E-state index contributed by atoms with van der Waals surface area (Å²) in [6, 6.07) is 9.51. The molecule has 1 aliphatic heterocycles. The van der Waals surface area contributed by atoms with Crippen LogP contribution in [0.3, 0.4) is 0 Å². The molecule has 1 aliphatic rings. The van der Waals surface area contributed by atoms with E-state index in [1.54, 1.807) is 11.8 Å². The summed E-state index contributed by atoms with van der Waals surface area (Å²) in [6.07, 6.45) is 2.39. The number of thioether (sulfide) groups is 1. The number of anilines is 1. The van der Waals surface area contributed by atoms with Crippen LogP contribution in [0.4, 0.5) is 5.82 Å². The summed E-state index contributed by atoms with van der Waals surface area (Å²) in [5.74, 6) is 2.05. The lowest BCUT2D eigenvalue weighted by molar-refractivity contribution is 0.0949. The highest BCUT2D eigenvalue weighted by Gasteiger charge is 2.15. The Morgan fingerprint density at radius 2 is 1.93 bits per heavy atom. The molecule has 144 valence electrons. The predicted molar refractivity (Wildman–Crippen MR) is 112 cm³/mol. The van der Waals surface area contributed by atoms with E-state index in [2.05, 4.69) is 34.0 Å². The van der Waals surface area contributed by atoms with E-state index in [-0.39, 0.29) is 5.91 Å². The largest absolute Gasteiger partial charge is 0.356 e. The Labute approximate surface area is 169 Å². The molecule has 0 spiro atoms. The van der Waals surface area contributed by atoms with Crippen molar-refractivity contribution in [2.24, 2.45) is 5.92 Å². The molecule has 0 radical (unpaired) electrons. The first-order valence-corrected chi connectivity index (χ1v) is 10.7. The predicted octanol–water partition coefficient (Wildman–Crippen LogP) is 4.41. The van der Waals surface area contributed by atoms with E-state index in [1.807, 2.05) is 30.3 Å². The van der Waals surface area contributed by atoms with Crippen molar-refractivity contribution in [3.63, 3.8) is 0 Å². The van der Waals surface area contributed by atoms with Gasteiger partial charge in [-0.2, -0.15) is 0 Å². The van der Waals surface area contributed by atoms with Gasteiger partial charge in [0.2, 0.25) is 0 Å². The van der Waals surface area contributed by atoms with Crippen molar-refractivity contribution in [2.45, 2.75) is 37.6 Å². The van der Waals surface area contributed by atoms with Crippen LogP contribution in [0, 0.1) is 5.92 Å². The van der Waals surface area contributed by atoms with Crippen molar-refractivity contribution in [2.75, 3.05) is 24.5 Å². The van der Waals surface area contributed by atoms with E-state index < -0.39 is 0 Å². The fourth-order valence-corrected chi connectivity index (χ4v) is 3.89. The molecule has 0 saturated carbocycles. The first-order valence-electron chi connectivity index (χ1n) is 9.31. The summed E-state index contributed by atoms with van der Waals surface area (Å²) in [5, 5.41) is 4.09. The molecule has 0 bridgehead atoms. The van der Waals surface area contributed by atoms with E-state index in [4.69, 9.17) is 11.6 Å². The smallest absolute Gasteiger partial charge is 0.251 e. The summed E-state index contributed by atoms with van der Waals surface area (Å²) in [6.45, 7) is 6.89. The van der Waals surface area contributed by atoms with Crippen molar-refractivity contribution in [3.8, 4) is 0 Å². The number of halogens is 1. The molecule has 1 saturated heterocycles. The lowest BCUT2D eigenvalue weighted by Gasteiger charge is -2.16. The maximum atomic E-state index is 12.1. The van der Waals surface area contributed by atoms with Gasteiger partial charge in [-0.1, -0.05) is 49.3 Å². The fourth-order valence-electron chi connectivity index (χ4n) is 2.86. The molecular formula is C20H25ClN4OS. The third kappa shape index (κ3) is 5.84. The van der Waals surface area contributed by atoms with Crippen molar-refractivity contribution in [1.82, 2.24) is 15.3 Å². The van der Waals surface area contributed by atoms with Crippen LogP contribution >= 0.6 is 23.4 Å². The molecule has 1 N–H and O–H groups in total. The molecule has 2 aromatic rings. The van der Waals surface area contributed by atoms with Gasteiger partial charge in [-0.15, -0.1) is 0 Å². The molecule has 27 heavy (non-hydrogen) atoms. The number of nitrogens with zero attached hydrogens (tertiary/aromatic N) is 3. The number of benzene rings is 1. The Balaban J connectivity index is 1.59. The highest BCUT2D eigenvalue weighted by molar-refractivity contribution is 7.98. The molecule has 0 aliphatic carbocycles. The third-order valence-corrected chi connectivity index (χ3v) is 5.46. The van der Waals surface area contributed by atoms with Crippen LogP contribution in [0.1, 0.15) is 42.6 Å². The van der Waals surface area contributed by atoms with E-state index in [0.29, 0.717) is 28.3 Å². The van der Waals surface area contributed by atoms with E-state index in [0.717, 1.165) is 30.2 Å². The topological polar surface area (TPSA) is 58.1 Å². The monoisotopic (exact) mass is 404 g/mol. The Morgan fingerprint density at radius 1 is 1.22 bits per heavy atom. The van der Waals surface area contributed by atoms with Crippen LogP contribution in [0.2, 0.25) is 5.15 Å². The Morgan fingerprint density at radius 3 is 2.59 bits per heavy atom. The van der Waals surface area contributed by atoms with Gasteiger partial charge in [0, 0.05) is 37.0 Å². The van der Waals surface area contributed by atoms with E-state index >= 15 is 0 Å². The molecule has 1 amide bonds. The zero-order chi connectivity index (χ0) is 19.2. The maximum absolute atomic E-state index is 12.1. The van der Waals surface area contributed by atoms with Gasteiger partial charge in [0.15, 0.2) is 5.16 Å². The van der Waals surface area contributed by atoms with Crippen molar-refractivity contribution in [1.29, 1.82) is 0 Å². The molecule has 1 aromatic heterocycles. The molecule has 3 rings (SSSR count). The second kappa shape index (κ2) is 9.42. The van der Waals surface area contributed by atoms with Gasteiger partial charge in [-0.3, -0.25) is 4.79 Å². The first-order chi connectivity index (χ1) is 13.0. The molecule has 1 aromatic carbocycles. The van der Waals surface area contributed by atoms with Gasteiger partial charge in [-0.25, -0.2) is 9.97 Å². The van der Waals surface area contributed by atoms with Crippen LogP contribution < -0.4 is 10.2 Å². The maximum Gasteiger partial charge on any atom is 0.251 e. The molecule has 0 unspecified atom stereocenters. The number of hydrogen-bond acceptors (Lipinski definition) is 5. The summed E-state index contributed by atoms with van der Waals surface area (Å²) in [7, 11) is 0. The summed E-state index contributed by atoms with van der Waals surface area (Å²) < 4.78 is 0. The average molecular weight is 405 g/mol. The molecule has 5 nitrogen and oxygen atoms in total. The number of hydrogen-bond donors (Lipinski definition) is 1. The number of carbonyl (C=O) groups is 1. The number of carbonyl (C=O) groups excluding carboxylic acids is 1. The number of aromatic nitrogens is 2. The van der Waals surface area contributed by atoms with Crippen molar-refractivity contribution < 1.29 is 4.79 Å². The molecular weight excluding hydrogens is 380 g/mol. The number of amides is 1. The Kier molecular flexibility index (Phi) is 6.96. The van der Waals surface area contributed by atoms with Crippen LogP contribution in [0.25, 0.3) is 0 Å². The van der Waals surface area contributed by atoms with Crippen LogP contribution in [-0.4, -0.2) is 35.5 Å². The standard InChI is InChI=1S/C20H25ClN4OS/c1-14(2)12-22-19(26)16-7-5-15(6-8-16)13-27-20-23-17(21)11-18(24-20)25-9-3-4-10-25/h5-8,11,14H,3-4,9-10,12-13H2,1-2H3,(H,22,26). The summed E-state index contributed by atoms with van der Waals surface area (Å²) >= 11 is 7.74. The number of rotatable bonds is 7. The SMILES string of the molecule is CC(C)CNC(=O)c1ccc(CSc2nc(Cl)cc(N3CCCC3)n2)cc1. The highest BCUT2D eigenvalue weighted by atomic mass is 35.5. The van der Waals surface area contributed by atoms with E-state index in [9.17, 15) is 4.79 Å². The summed E-state index contributed by atoms with van der Waals surface area (Å²) in [5.41, 5.74) is 1.80. The minimum absolute atomic E-state index is 0.0312. The summed E-state index contributed by atoms with van der Waals surface area (Å²) in [4.78, 5) is 23.3. The van der Waals surface area contributed by atoms with E-state index in [1.165, 1.54) is 12.8 Å². The fraction of sp³-hybridized carbons (Fsp3) is 0.450. The third-order valence-electron chi connectivity index (χ3n) is 4.35. The first kappa shape index (κ1) is 20.0. The second-order valence-corrected chi connectivity index (χ2v) is 8.44. The van der Waals surface area contributed by atoms with Gasteiger partial charge in [-0.05, 0) is 36.5 Å². The van der Waals surface area contributed by atoms with Crippen LogP contribution in [0.15, 0.2) is 35.5 Å². The lowest BCUT2D eigenvalue weighted by atomic mass is 10.1. The molecule has 2 heterocycles.